The monoisotopic (exact) mass is 196 g/mol. The van der Waals surface area contributed by atoms with Gasteiger partial charge in [0.1, 0.15) is 0 Å². The Morgan fingerprint density at radius 2 is 1.79 bits per heavy atom. The van der Waals surface area contributed by atoms with Crippen LogP contribution < -0.4 is 5.32 Å². The molecule has 2 rings (SSSR count). The SMILES string of the molecule is CC1NCCN(C2CCCCC2)C1C. The third kappa shape index (κ3) is 2.12. The molecule has 1 saturated carbocycles. The van der Waals surface area contributed by atoms with Crippen molar-refractivity contribution in [1.82, 2.24) is 10.2 Å². The van der Waals surface area contributed by atoms with Gasteiger partial charge in [0.2, 0.25) is 0 Å². The molecule has 1 heterocycles. The highest BCUT2D eigenvalue weighted by Crippen LogP contribution is 2.25. The minimum Gasteiger partial charge on any atom is -0.311 e. The van der Waals surface area contributed by atoms with E-state index in [4.69, 9.17) is 0 Å². The van der Waals surface area contributed by atoms with Crippen molar-refractivity contribution in [3.05, 3.63) is 0 Å². The van der Waals surface area contributed by atoms with Crippen LogP contribution in [0.25, 0.3) is 0 Å². The van der Waals surface area contributed by atoms with Gasteiger partial charge in [-0.25, -0.2) is 0 Å². The van der Waals surface area contributed by atoms with Gasteiger partial charge in [0, 0.05) is 31.2 Å². The lowest BCUT2D eigenvalue weighted by atomic mass is 9.91. The van der Waals surface area contributed by atoms with Gasteiger partial charge in [-0.1, -0.05) is 19.3 Å². The molecule has 1 aliphatic heterocycles. The first-order valence-electron chi connectivity index (χ1n) is 6.28. The molecule has 2 atom stereocenters. The summed E-state index contributed by atoms with van der Waals surface area (Å²) in [5.41, 5.74) is 0. The van der Waals surface area contributed by atoms with Gasteiger partial charge >= 0.3 is 0 Å². The highest BCUT2D eigenvalue weighted by atomic mass is 15.2. The van der Waals surface area contributed by atoms with Gasteiger partial charge in [0.05, 0.1) is 0 Å². The van der Waals surface area contributed by atoms with Gasteiger partial charge in [-0.3, -0.25) is 4.90 Å². The molecule has 0 bridgehead atoms. The minimum absolute atomic E-state index is 0.672. The lowest BCUT2D eigenvalue weighted by Crippen LogP contribution is -2.58. The van der Waals surface area contributed by atoms with Crippen LogP contribution in [0.4, 0.5) is 0 Å². The first kappa shape index (κ1) is 10.4. The zero-order valence-corrected chi connectivity index (χ0v) is 9.63. The van der Waals surface area contributed by atoms with Crippen molar-refractivity contribution in [3.63, 3.8) is 0 Å². The summed E-state index contributed by atoms with van der Waals surface area (Å²) in [6.45, 7) is 7.14. The summed E-state index contributed by atoms with van der Waals surface area (Å²) in [7, 11) is 0. The standard InChI is InChI=1S/C12H24N2/c1-10-11(2)14(9-8-13-10)12-6-4-3-5-7-12/h10-13H,3-9H2,1-2H3. The number of rotatable bonds is 1. The van der Waals surface area contributed by atoms with Gasteiger partial charge < -0.3 is 5.32 Å². The molecule has 0 amide bonds. The van der Waals surface area contributed by atoms with Crippen LogP contribution in [0.2, 0.25) is 0 Å². The number of nitrogens with one attached hydrogen (secondary N) is 1. The van der Waals surface area contributed by atoms with E-state index in [1.165, 1.54) is 45.2 Å². The van der Waals surface area contributed by atoms with E-state index in [-0.39, 0.29) is 0 Å². The van der Waals surface area contributed by atoms with E-state index in [0.717, 1.165) is 12.1 Å². The van der Waals surface area contributed by atoms with Crippen molar-refractivity contribution in [2.45, 2.75) is 64.1 Å². The summed E-state index contributed by atoms with van der Waals surface area (Å²) >= 11 is 0. The number of hydrogen-bond donors (Lipinski definition) is 1. The maximum Gasteiger partial charge on any atom is 0.0221 e. The zero-order chi connectivity index (χ0) is 9.97. The number of piperazine rings is 1. The Hall–Kier alpha value is -0.0800. The first-order chi connectivity index (χ1) is 6.79. The molecule has 1 N–H and O–H groups in total. The summed E-state index contributed by atoms with van der Waals surface area (Å²) in [6.07, 6.45) is 7.26. The Kier molecular flexibility index (Phi) is 3.45. The summed E-state index contributed by atoms with van der Waals surface area (Å²) in [6, 6.07) is 2.29. The largest absolute Gasteiger partial charge is 0.311 e. The Morgan fingerprint density at radius 3 is 2.50 bits per heavy atom. The lowest BCUT2D eigenvalue weighted by Gasteiger charge is -2.44. The summed E-state index contributed by atoms with van der Waals surface area (Å²) < 4.78 is 0. The van der Waals surface area contributed by atoms with Gasteiger partial charge in [-0.2, -0.15) is 0 Å². The normalized spacial score (nSPS) is 37.3. The molecular formula is C12H24N2. The Bertz CT molecular complexity index is 175. The molecule has 82 valence electrons. The van der Waals surface area contributed by atoms with Gasteiger partial charge in [-0.05, 0) is 26.7 Å². The molecule has 2 unspecified atom stereocenters. The van der Waals surface area contributed by atoms with E-state index < -0.39 is 0 Å². The van der Waals surface area contributed by atoms with E-state index in [0.29, 0.717) is 6.04 Å². The topological polar surface area (TPSA) is 15.3 Å². The smallest absolute Gasteiger partial charge is 0.0221 e. The third-order valence-corrected chi connectivity index (χ3v) is 4.13. The van der Waals surface area contributed by atoms with Crippen LogP contribution in [0, 0.1) is 0 Å². The molecule has 0 radical (unpaired) electrons. The van der Waals surface area contributed by atoms with Gasteiger partial charge in [0.15, 0.2) is 0 Å². The first-order valence-corrected chi connectivity index (χ1v) is 6.28. The fraction of sp³-hybridized carbons (Fsp3) is 1.00. The summed E-state index contributed by atoms with van der Waals surface area (Å²) in [4.78, 5) is 2.75. The highest BCUT2D eigenvalue weighted by molar-refractivity contribution is 4.88. The van der Waals surface area contributed by atoms with Crippen molar-refractivity contribution in [3.8, 4) is 0 Å². The van der Waals surface area contributed by atoms with Crippen LogP contribution in [-0.4, -0.2) is 36.1 Å². The third-order valence-electron chi connectivity index (χ3n) is 4.13. The summed E-state index contributed by atoms with van der Waals surface area (Å²) in [5.74, 6) is 0. The van der Waals surface area contributed by atoms with Crippen molar-refractivity contribution in [1.29, 1.82) is 0 Å². The predicted molar refractivity (Wildman–Crippen MR) is 60.5 cm³/mol. The quantitative estimate of drug-likeness (QED) is 0.690. The average Bonchev–Trinajstić information content (AvgIpc) is 2.23. The molecule has 0 aromatic carbocycles. The van der Waals surface area contributed by atoms with Crippen LogP contribution in [0.1, 0.15) is 46.0 Å². The van der Waals surface area contributed by atoms with E-state index in [1.54, 1.807) is 0 Å². The Balaban J connectivity index is 1.93. The molecule has 2 heteroatoms. The molecule has 14 heavy (non-hydrogen) atoms. The molecule has 2 fully saturated rings. The van der Waals surface area contributed by atoms with Gasteiger partial charge in [0.25, 0.3) is 0 Å². The fourth-order valence-electron chi connectivity index (χ4n) is 3.01. The maximum absolute atomic E-state index is 3.56. The lowest BCUT2D eigenvalue weighted by molar-refractivity contribution is 0.0684. The maximum atomic E-state index is 3.56. The van der Waals surface area contributed by atoms with Crippen LogP contribution in [0.5, 0.6) is 0 Å². The van der Waals surface area contributed by atoms with Crippen LogP contribution in [0.15, 0.2) is 0 Å². The van der Waals surface area contributed by atoms with Crippen LogP contribution in [-0.2, 0) is 0 Å². The second-order valence-corrected chi connectivity index (χ2v) is 5.01. The Morgan fingerprint density at radius 1 is 1.07 bits per heavy atom. The Labute approximate surface area is 88.1 Å². The van der Waals surface area contributed by atoms with E-state index in [9.17, 15) is 0 Å². The molecule has 0 aromatic heterocycles. The molecule has 0 spiro atoms. The molecule has 2 aliphatic rings. The second-order valence-electron chi connectivity index (χ2n) is 5.01. The van der Waals surface area contributed by atoms with E-state index >= 15 is 0 Å². The van der Waals surface area contributed by atoms with Crippen LogP contribution >= 0.6 is 0 Å². The second kappa shape index (κ2) is 4.63. The van der Waals surface area contributed by atoms with E-state index in [2.05, 4.69) is 24.1 Å². The molecule has 1 aliphatic carbocycles. The van der Waals surface area contributed by atoms with Gasteiger partial charge in [-0.15, -0.1) is 0 Å². The number of nitrogens with zero attached hydrogens (tertiary/aromatic N) is 1. The highest BCUT2D eigenvalue weighted by Gasteiger charge is 2.30. The fourth-order valence-corrected chi connectivity index (χ4v) is 3.01. The van der Waals surface area contributed by atoms with Crippen molar-refractivity contribution in [2.75, 3.05) is 13.1 Å². The molecular weight excluding hydrogens is 172 g/mol. The van der Waals surface area contributed by atoms with Crippen LogP contribution in [0.3, 0.4) is 0 Å². The van der Waals surface area contributed by atoms with Crippen molar-refractivity contribution < 1.29 is 0 Å². The minimum atomic E-state index is 0.672. The number of hydrogen-bond acceptors (Lipinski definition) is 2. The van der Waals surface area contributed by atoms with Crippen molar-refractivity contribution >= 4 is 0 Å². The van der Waals surface area contributed by atoms with Crippen molar-refractivity contribution in [2.24, 2.45) is 0 Å². The average molecular weight is 196 g/mol. The molecule has 1 saturated heterocycles. The predicted octanol–water partition coefficient (Wildman–Crippen LogP) is 2.00. The van der Waals surface area contributed by atoms with E-state index in [1.807, 2.05) is 0 Å². The molecule has 2 nitrogen and oxygen atoms in total. The molecule has 0 aromatic rings. The summed E-state index contributed by atoms with van der Waals surface area (Å²) in [5, 5.41) is 3.56. The zero-order valence-electron chi connectivity index (χ0n) is 9.63.